The Balaban J connectivity index is 1.88. The third-order valence-corrected chi connectivity index (χ3v) is 7.54. The van der Waals surface area contributed by atoms with Crippen molar-refractivity contribution in [3.8, 4) is 0 Å². The highest BCUT2D eigenvalue weighted by Gasteiger charge is 2.64. The van der Waals surface area contributed by atoms with Crippen molar-refractivity contribution in [3.63, 3.8) is 0 Å². The Kier molecular flexibility index (Phi) is 3.73. The highest BCUT2D eigenvalue weighted by molar-refractivity contribution is 7.89. The van der Waals surface area contributed by atoms with Gasteiger partial charge in [0.2, 0.25) is 10.0 Å². The van der Waals surface area contributed by atoms with Crippen molar-refractivity contribution < 1.29 is 8.42 Å². The monoisotopic (exact) mass is 321 g/mol. The number of rotatable bonds is 5. The second-order valence-electron chi connectivity index (χ2n) is 7.45. The summed E-state index contributed by atoms with van der Waals surface area (Å²) in [5.74, 6) is 1.15. The zero-order valence-electron chi connectivity index (χ0n) is 13.4. The summed E-state index contributed by atoms with van der Waals surface area (Å²) in [6.45, 7) is 8.25. The summed E-state index contributed by atoms with van der Waals surface area (Å²) in [6.07, 6.45) is 5.99. The minimum atomic E-state index is -3.47. The first kappa shape index (κ1) is 15.8. The molecule has 4 heteroatoms. The first-order valence-corrected chi connectivity index (χ1v) is 9.49. The molecule has 0 amide bonds. The molecule has 0 aromatic heterocycles. The molecule has 2 bridgehead atoms. The molecule has 3 aliphatic rings. The van der Waals surface area contributed by atoms with Crippen LogP contribution in [0.1, 0.15) is 39.5 Å². The lowest BCUT2D eigenvalue weighted by Gasteiger charge is -2.67. The second kappa shape index (κ2) is 5.20. The van der Waals surface area contributed by atoms with E-state index in [2.05, 4.69) is 25.1 Å². The van der Waals surface area contributed by atoms with Gasteiger partial charge in [-0.3, -0.25) is 0 Å². The number of fused-ring (bicyclic) bond motifs is 2. The fourth-order valence-corrected chi connectivity index (χ4v) is 6.02. The highest BCUT2D eigenvalue weighted by Crippen LogP contribution is 2.64. The van der Waals surface area contributed by atoms with E-state index in [0.717, 1.165) is 19.3 Å². The summed E-state index contributed by atoms with van der Waals surface area (Å²) in [5.41, 5.74) is -0.287. The molecule has 1 aromatic rings. The summed E-state index contributed by atoms with van der Waals surface area (Å²) in [5, 5.41) is 0. The van der Waals surface area contributed by atoms with Gasteiger partial charge in [0.25, 0.3) is 0 Å². The van der Waals surface area contributed by atoms with Gasteiger partial charge in [0.05, 0.1) is 4.90 Å². The minimum absolute atomic E-state index is 0.0204. The van der Waals surface area contributed by atoms with Gasteiger partial charge in [-0.2, -0.15) is 0 Å². The standard InChI is InChI=1S/C18H25NO2S/c1-4-8-14-11-15-13-18(12-14,17(15,2)3)19-22(20,21)16-9-6-5-7-10-16/h4-7,9-10,14-15,19H,1,8,11-13H2,2-3H3/i18+2. The van der Waals surface area contributed by atoms with Gasteiger partial charge in [0.15, 0.2) is 0 Å². The minimum Gasteiger partial charge on any atom is -0.207 e. The Morgan fingerprint density at radius 2 is 2.00 bits per heavy atom. The van der Waals surface area contributed by atoms with E-state index in [-0.39, 0.29) is 11.0 Å². The normalized spacial score (nSPS) is 33.0. The van der Waals surface area contributed by atoms with Crippen LogP contribution in [0.3, 0.4) is 0 Å². The summed E-state index contributed by atoms with van der Waals surface area (Å²) < 4.78 is 28.6. The lowest BCUT2D eigenvalue weighted by atomic mass is 9.65. The van der Waals surface area contributed by atoms with Crippen LogP contribution >= 0.6 is 0 Å². The van der Waals surface area contributed by atoms with Gasteiger partial charge in [-0.05, 0) is 55.1 Å². The van der Waals surface area contributed by atoms with Crippen molar-refractivity contribution in [2.75, 3.05) is 0 Å². The van der Waals surface area contributed by atoms with E-state index in [9.17, 15) is 8.42 Å². The average Bonchev–Trinajstić information content (AvgIpc) is 2.48. The molecule has 3 aliphatic carbocycles. The van der Waals surface area contributed by atoms with Crippen LogP contribution in [0.25, 0.3) is 0 Å². The third kappa shape index (κ3) is 2.33. The van der Waals surface area contributed by atoms with Crippen molar-refractivity contribution in [2.24, 2.45) is 17.3 Å². The van der Waals surface area contributed by atoms with Crippen molar-refractivity contribution in [1.82, 2.24) is 4.72 Å². The smallest absolute Gasteiger partial charge is 0.207 e. The average molecular weight is 321 g/mol. The van der Waals surface area contributed by atoms with E-state index in [4.69, 9.17) is 0 Å². The largest absolute Gasteiger partial charge is 0.241 e. The number of sulfonamides is 1. The maximum atomic E-state index is 12.8. The summed E-state index contributed by atoms with van der Waals surface area (Å²) >= 11 is 0. The molecule has 0 aliphatic heterocycles. The maximum Gasteiger partial charge on any atom is 0.241 e. The predicted molar refractivity (Wildman–Crippen MR) is 88.9 cm³/mol. The van der Waals surface area contributed by atoms with Gasteiger partial charge in [0, 0.05) is 5.54 Å². The molecule has 1 aromatic carbocycles. The predicted octanol–water partition coefficient (Wildman–Crippen LogP) is 3.74. The van der Waals surface area contributed by atoms with E-state index in [0.29, 0.717) is 16.7 Å². The Hall–Kier alpha value is -1.13. The van der Waals surface area contributed by atoms with E-state index in [1.165, 1.54) is 6.42 Å². The molecule has 0 heterocycles. The SMILES string of the molecule is C=CCC1CC2C[14C](NS(=O)(=O)c3ccccc3)(C1)C2(C)C. The third-order valence-electron chi connectivity index (χ3n) is 5.99. The van der Waals surface area contributed by atoms with Gasteiger partial charge in [-0.1, -0.05) is 38.1 Å². The first-order valence-electron chi connectivity index (χ1n) is 8.01. The Morgan fingerprint density at radius 3 is 2.59 bits per heavy atom. The first-order chi connectivity index (χ1) is 10.3. The topological polar surface area (TPSA) is 46.2 Å². The molecular formula is C18H25NO2S. The fourth-order valence-electron chi connectivity index (χ4n) is 4.45. The van der Waals surface area contributed by atoms with Gasteiger partial charge in [-0.15, -0.1) is 6.58 Å². The summed E-state index contributed by atoms with van der Waals surface area (Å²) in [6, 6.07) is 8.68. The maximum absolute atomic E-state index is 12.8. The molecule has 3 unspecified atom stereocenters. The lowest BCUT2D eigenvalue weighted by Crippen LogP contribution is -2.72. The molecule has 0 saturated heterocycles. The molecule has 3 atom stereocenters. The van der Waals surface area contributed by atoms with Crippen molar-refractivity contribution in [3.05, 3.63) is 43.0 Å². The van der Waals surface area contributed by atoms with Crippen molar-refractivity contribution in [1.29, 1.82) is 0 Å². The molecule has 120 valence electrons. The van der Waals surface area contributed by atoms with Gasteiger partial charge >= 0.3 is 0 Å². The summed E-state index contributed by atoms with van der Waals surface area (Å²) in [4.78, 5) is 0.356. The number of hydrogen-bond acceptors (Lipinski definition) is 2. The van der Waals surface area contributed by atoms with Crippen LogP contribution in [-0.2, 0) is 10.0 Å². The van der Waals surface area contributed by atoms with Crippen LogP contribution in [0.5, 0.6) is 0 Å². The van der Waals surface area contributed by atoms with Gasteiger partial charge in [0.1, 0.15) is 0 Å². The molecule has 3 saturated carbocycles. The Labute approximate surface area is 133 Å². The fraction of sp³-hybridized carbons (Fsp3) is 0.556. The number of benzene rings is 1. The van der Waals surface area contributed by atoms with Crippen LogP contribution in [0.4, 0.5) is 0 Å². The quantitative estimate of drug-likeness (QED) is 0.840. The molecule has 3 nitrogen and oxygen atoms in total. The molecule has 4 rings (SSSR count). The van der Waals surface area contributed by atoms with Crippen LogP contribution < -0.4 is 4.72 Å². The molecule has 22 heavy (non-hydrogen) atoms. The molecular weight excluding hydrogens is 296 g/mol. The van der Waals surface area contributed by atoms with Crippen LogP contribution in [0.2, 0.25) is 0 Å². The van der Waals surface area contributed by atoms with Crippen LogP contribution in [-0.4, -0.2) is 14.0 Å². The zero-order chi connectivity index (χ0) is 16.0. The molecule has 0 radical (unpaired) electrons. The molecule has 0 spiro atoms. The second-order valence-corrected chi connectivity index (χ2v) is 9.14. The number of hydrogen-bond donors (Lipinski definition) is 1. The van der Waals surface area contributed by atoms with E-state index in [1.54, 1.807) is 24.3 Å². The van der Waals surface area contributed by atoms with Crippen LogP contribution in [0.15, 0.2) is 47.9 Å². The lowest BCUT2D eigenvalue weighted by molar-refractivity contribution is -0.122. The van der Waals surface area contributed by atoms with Gasteiger partial charge in [-0.25, -0.2) is 13.1 Å². The summed E-state index contributed by atoms with van der Waals surface area (Å²) in [7, 11) is -3.47. The zero-order valence-corrected chi connectivity index (χ0v) is 14.2. The van der Waals surface area contributed by atoms with Crippen molar-refractivity contribution in [2.45, 2.75) is 50.0 Å². The van der Waals surface area contributed by atoms with E-state index >= 15 is 0 Å². The molecule has 3 fully saturated rings. The van der Waals surface area contributed by atoms with E-state index in [1.807, 2.05) is 12.1 Å². The molecule has 1 N–H and O–H groups in total. The van der Waals surface area contributed by atoms with Crippen LogP contribution in [0, 0.1) is 17.3 Å². The Bertz CT molecular complexity index is 666. The highest BCUT2D eigenvalue weighted by atomic mass is 32.2. The van der Waals surface area contributed by atoms with Crippen molar-refractivity contribution >= 4 is 10.0 Å². The van der Waals surface area contributed by atoms with E-state index < -0.39 is 10.0 Å². The Morgan fingerprint density at radius 1 is 1.32 bits per heavy atom. The number of allylic oxidation sites excluding steroid dienone is 1. The number of nitrogens with one attached hydrogen (secondary N) is 1. The van der Waals surface area contributed by atoms with Gasteiger partial charge < -0.3 is 0 Å².